The minimum absolute atomic E-state index is 0.140. The molecule has 0 radical (unpaired) electrons. The van der Waals surface area contributed by atoms with E-state index in [0.717, 1.165) is 60.9 Å². The standard InChI is InChI=1S/C26H27N5O3/c32-26(28-18-20-2-1-9-27-17-20)21-3-8-25-24(16-21)29-19-31(25)22-4-6-23(7-5-22)34-15-12-30-10-13-33-14-11-30/h1-9,16-17,19H,10-15,18H2,(H,28,32). The van der Waals surface area contributed by atoms with Gasteiger partial charge < -0.3 is 14.8 Å². The molecule has 3 heterocycles. The van der Waals surface area contributed by atoms with Crippen molar-refractivity contribution in [2.45, 2.75) is 6.54 Å². The van der Waals surface area contributed by atoms with Gasteiger partial charge in [0.05, 0.1) is 24.2 Å². The number of rotatable bonds is 8. The molecule has 174 valence electrons. The molecule has 0 saturated carbocycles. The summed E-state index contributed by atoms with van der Waals surface area (Å²) in [6.45, 7) is 5.50. The molecule has 1 saturated heterocycles. The van der Waals surface area contributed by atoms with Crippen LogP contribution in [0.1, 0.15) is 15.9 Å². The van der Waals surface area contributed by atoms with Crippen LogP contribution in [0.2, 0.25) is 0 Å². The van der Waals surface area contributed by atoms with E-state index >= 15 is 0 Å². The zero-order valence-corrected chi connectivity index (χ0v) is 18.9. The topological polar surface area (TPSA) is 81.5 Å². The third kappa shape index (κ3) is 5.24. The molecule has 1 fully saturated rings. The molecular formula is C26H27N5O3. The molecule has 8 heteroatoms. The molecule has 1 aliphatic heterocycles. The number of nitrogens with zero attached hydrogens (tertiary/aromatic N) is 4. The average Bonchev–Trinajstić information content (AvgIpc) is 3.32. The first kappa shape index (κ1) is 22.1. The number of fused-ring (bicyclic) bond motifs is 1. The van der Waals surface area contributed by atoms with E-state index in [1.165, 1.54) is 0 Å². The molecule has 1 amide bonds. The molecule has 4 aromatic rings. The number of carbonyl (C=O) groups excluding carboxylic acids is 1. The van der Waals surface area contributed by atoms with Crippen LogP contribution in [-0.2, 0) is 11.3 Å². The average molecular weight is 458 g/mol. The monoisotopic (exact) mass is 457 g/mol. The summed E-state index contributed by atoms with van der Waals surface area (Å²) < 4.78 is 13.3. The number of carbonyl (C=O) groups is 1. The molecule has 0 spiro atoms. The molecule has 5 rings (SSSR count). The van der Waals surface area contributed by atoms with E-state index in [-0.39, 0.29) is 5.91 Å². The van der Waals surface area contributed by atoms with E-state index in [4.69, 9.17) is 9.47 Å². The summed E-state index contributed by atoms with van der Waals surface area (Å²) in [5, 5.41) is 2.93. The fourth-order valence-electron chi connectivity index (χ4n) is 3.97. The van der Waals surface area contributed by atoms with Crippen LogP contribution in [0, 0.1) is 0 Å². The van der Waals surface area contributed by atoms with Crippen molar-refractivity contribution in [2.24, 2.45) is 0 Å². The molecule has 2 aromatic carbocycles. The number of hydrogen-bond donors (Lipinski definition) is 1. The lowest BCUT2D eigenvalue weighted by Crippen LogP contribution is -2.38. The van der Waals surface area contributed by atoms with E-state index in [9.17, 15) is 4.79 Å². The van der Waals surface area contributed by atoms with Crippen LogP contribution in [0.15, 0.2) is 73.3 Å². The number of nitrogens with one attached hydrogen (secondary N) is 1. The zero-order valence-electron chi connectivity index (χ0n) is 18.9. The number of benzene rings is 2. The largest absolute Gasteiger partial charge is 0.492 e. The Morgan fingerprint density at radius 1 is 1.09 bits per heavy atom. The second-order valence-corrected chi connectivity index (χ2v) is 8.16. The number of aromatic nitrogens is 3. The SMILES string of the molecule is O=C(NCc1cccnc1)c1ccc2c(c1)ncn2-c1ccc(OCCN2CCOCC2)cc1. The highest BCUT2D eigenvalue weighted by Gasteiger charge is 2.12. The molecule has 0 aliphatic carbocycles. The normalized spacial score (nSPS) is 14.2. The van der Waals surface area contributed by atoms with Crippen molar-refractivity contribution in [1.29, 1.82) is 0 Å². The van der Waals surface area contributed by atoms with Gasteiger partial charge in [-0.15, -0.1) is 0 Å². The van der Waals surface area contributed by atoms with Crippen LogP contribution in [0.3, 0.4) is 0 Å². The second kappa shape index (κ2) is 10.5. The number of amides is 1. The quantitative estimate of drug-likeness (QED) is 0.438. The van der Waals surface area contributed by atoms with Gasteiger partial charge in [-0.2, -0.15) is 0 Å². The molecule has 34 heavy (non-hydrogen) atoms. The molecule has 0 bridgehead atoms. The minimum Gasteiger partial charge on any atom is -0.492 e. The van der Waals surface area contributed by atoms with E-state index in [2.05, 4.69) is 20.2 Å². The van der Waals surface area contributed by atoms with Gasteiger partial charge in [0.25, 0.3) is 5.91 Å². The summed E-state index contributed by atoms with van der Waals surface area (Å²) in [5.74, 6) is 0.702. The number of morpholine rings is 1. The summed E-state index contributed by atoms with van der Waals surface area (Å²) in [6, 6.07) is 17.3. The van der Waals surface area contributed by atoms with Gasteiger partial charge in [0, 0.05) is 49.8 Å². The number of pyridine rings is 1. The van der Waals surface area contributed by atoms with Crippen molar-refractivity contribution in [3.8, 4) is 11.4 Å². The van der Waals surface area contributed by atoms with Crippen LogP contribution >= 0.6 is 0 Å². The lowest BCUT2D eigenvalue weighted by Gasteiger charge is -2.26. The maximum atomic E-state index is 12.6. The van der Waals surface area contributed by atoms with Crippen molar-refractivity contribution in [3.05, 3.63) is 84.4 Å². The smallest absolute Gasteiger partial charge is 0.251 e. The first-order chi connectivity index (χ1) is 16.8. The lowest BCUT2D eigenvalue weighted by molar-refractivity contribution is 0.0322. The molecule has 8 nitrogen and oxygen atoms in total. The Morgan fingerprint density at radius 2 is 1.94 bits per heavy atom. The van der Waals surface area contributed by atoms with Gasteiger partial charge in [0.15, 0.2) is 0 Å². The van der Waals surface area contributed by atoms with E-state index < -0.39 is 0 Å². The predicted octanol–water partition coefficient (Wildman–Crippen LogP) is 3.06. The Labute approximate surface area is 198 Å². The van der Waals surface area contributed by atoms with Crippen LogP contribution in [0.5, 0.6) is 5.75 Å². The summed E-state index contributed by atoms with van der Waals surface area (Å²) in [7, 11) is 0. The van der Waals surface area contributed by atoms with E-state index in [0.29, 0.717) is 18.7 Å². The Hall–Kier alpha value is -3.75. The van der Waals surface area contributed by atoms with Gasteiger partial charge >= 0.3 is 0 Å². The first-order valence-corrected chi connectivity index (χ1v) is 11.4. The highest BCUT2D eigenvalue weighted by molar-refractivity contribution is 5.97. The van der Waals surface area contributed by atoms with Crippen LogP contribution in [0.25, 0.3) is 16.7 Å². The van der Waals surface area contributed by atoms with Crippen molar-refractivity contribution < 1.29 is 14.3 Å². The maximum absolute atomic E-state index is 12.6. The summed E-state index contributed by atoms with van der Waals surface area (Å²) in [6.07, 6.45) is 5.23. The van der Waals surface area contributed by atoms with Gasteiger partial charge in [0.2, 0.25) is 0 Å². The zero-order chi connectivity index (χ0) is 23.2. The van der Waals surface area contributed by atoms with Crippen molar-refractivity contribution >= 4 is 16.9 Å². The number of imidazole rings is 1. The Kier molecular flexibility index (Phi) is 6.78. The third-order valence-electron chi connectivity index (χ3n) is 5.88. The summed E-state index contributed by atoms with van der Waals surface area (Å²) >= 11 is 0. The van der Waals surface area contributed by atoms with Gasteiger partial charge in [-0.1, -0.05) is 6.07 Å². The van der Waals surface area contributed by atoms with Crippen molar-refractivity contribution in [2.75, 3.05) is 39.5 Å². The fraction of sp³-hybridized carbons (Fsp3) is 0.269. The van der Waals surface area contributed by atoms with Crippen molar-refractivity contribution in [3.63, 3.8) is 0 Å². The Balaban J connectivity index is 1.21. The lowest BCUT2D eigenvalue weighted by atomic mass is 10.1. The van der Waals surface area contributed by atoms with Gasteiger partial charge in [-0.25, -0.2) is 4.98 Å². The molecule has 2 aromatic heterocycles. The minimum atomic E-state index is -0.140. The third-order valence-corrected chi connectivity index (χ3v) is 5.88. The molecule has 0 atom stereocenters. The van der Waals surface area contributed by atoms with Crippen molar-refractivity contribution in [1.82, 2.24) is 24.8 Å². The van der Waals surface area contributed by atoms with Gasteiger partial charge in [0.1, 0.15) is 18.7 Å². The van der Waals surface area contributed by atoms with E-state index in [1.807, 2.05) is 59.2 Å². The molecule has 1 aliphatic rings. The molecule has 0 unspecified atom stereocenters. The number of ether oxygens (including phenoxy) is 2. The van der Waals surface area contributed by atoms with Crippen LogP contribution < -0.4 is 10.1 Å². The van der Waals surface area contributed by atoms with E-state index in [1.54, 1.807) is 18.7 Å². The highest BCUT2D eigenvalue weighted by Crippen LogP contribution is 2.22. The summed E-state index contributed by atoms with van der Waals surface area (Å²) in [5.41, 5.74) is 4.21. The predicted molar refractivity (Wildman–Crippen MR) is 129 cm³/mol. The van der Waals surface area contributed by atoms with Crippen LogP contribution in [-0.4, -0.2) is 64.8 Å². The van der Waals surface area contributed by atoms with Gasteiger partial charge in [-0.05, 0) is 54.1 Å². The Morgan fingerprint density at radius 3 is 2.74 bits per heavy atom. The van der Waals surface area contributed by atoms with Gasteiger partial charge in [-0.3, -0.25) is 19.2 Å². The summed E-state index contributed by atoms with van der Waals surface area (Å²) in [4.78, 5) is 23.5. The first-order valence-electron chi connectivity index (χ1n) is 11.4. The number of hydrogen-bond acceptors (Lipinski definition) is 6. The highest BCUT2D eigenvalue weighted by atomic mass is 16.5. The molecular weight excluding hydrogens is 430 g/mol. The Bertz CT molecular complexity index is 1230. The fourth-order valence-corrected chi connectivity index (χ4v) is 3.97. The molecule has 1 N–H and O–H groups in total. The van der Waals surface area contributed by atoms with Crippen LogP contribution in [0.4, 0.5) is 0 Å². The second-order valence-electron chi connectivity index (χ2n) is 8.16. The maximum Gasteiger partial charge on any atom is 0.251 e.